The van der Waals surface area contributed by atoms with E-state index in [-0.39, 0.29) is 37.9 Å². The van der Waals surface area contributed by atoms with E-state index >= 15 is 0 Å². The molecule has 0 aromatic carbocycles. The maximum absolute atomic E-state index is 12.4. The lowest BCUT2D eigenvalue weighted by Gasteiger charge is -2.32. The van der Waals surface area contributed by atoms with Crippen LogP contribution in [0.5, 0.6) is 0 Å². The van der Waals surface area contributed by atoms with Crippen molar-refractivity contribution in [1.29, 1.82) is 0 Å². The number of alkyl halides is 6. The third-order valence-corrected chi connectivity index (χ3v) is 4.98. The molecule has 0 bridgehead atoms. The molecular weight excluding hydrogens is 366 g/mol. The molecule has 0 unspecified atom stereocenters. The van der Waals surface area contributed by atoms with Crippen LogP contribution in [0.4, 0.5) is 26.3 Å². The number of rotatable bonds is 4. The molecule has 0 spiro atoms. The number of hydrogen-bond acceptors (Lipinski definition) is 3. The van der Waals surface area contributed by atoms with E-state index in [0.717, 1.165) is 0 Å². The second-order valence-corrected chi connectivity index (χ2v) is 7.06. The van der Waals surface area contributed by atoms with E-state index in [1.807, 2.05) is 0 Å². The summed E-state index contributed by atoms with van der Waals surface area (Å²) >= 11 is 0. The van der Waals surface area contributed by atoms with E-state index in [1.165, 1.54) is 7.05 Å². The van der Waals surface area contributed by atoms with Crippen molar-refractivity contribution in [2.24, 2.45) is 4.99 Å². The molecule has 0 saturated carbocycles. The van der Waals surface area contributed by atoms with Crippen molar-refractivity contribution in [3.8, 4) is 0 Å². The summed E-state index contributed by atoms with van der Waals surface area (Å²) in [7, 11) is -4.01. The van der Waals surface area contributed by atoms with E-state index in [9.17, 15) is 34.8 Å². The summed E-state index contributed by atoms with van der Waals surface area (Å²) in [6, 6.07) is -0.387. The molecule has 142 valence electrons. The number of guanidine groups is 1. The zero-order valence-electron chi connectivity index (χ0n) is 12.7. The Morgan fingerprint density at radius 3 is 2.12 bits per heavy atom. The fourth-order valence-electron chi connectivity index (χ4n) is 2.10. The lowest BCUT2D eigenvalue weighted by molar-refractivity contribution is -0.132. The van der Waals surface area contributed by atoms with Gasteiger partial charge in [-0.25, -0.2) is 8.42 Å². The van der Waals surface area contributed by atoms with Crippen molar-refractivity contribution in [3.05, 3.63) is 0 Å². The van der Waals surface area contributed by atoms with Crippen LogP contribution < -0.4 is 10.6 Å². The van der Waals surface area contributed by atoms with Gasteiger partial charge in [-0.05, 0) is 12.8 Å². The number of nitrogens with zero attached hydrogens (tertiary/aromatic N) is 2. The number of hydrogen-bond donors (Lipinski definition) is 2. The second kappa shape index (κ2) is 7.76. The van der Waals surface area contributed by atoms with E-state index in [2.05, 4.69) is 15.6 Å². The van der Waals surface area contributed by atoms with Gasteiger partial charge in [0, 0.05) is 32.7 Å². The molecule has 1 saturated heterocycles. The van der Waals surface area contributed by atoms with Crippen molar-refractivity contribution in [1.82, 2.24) is 14.9 Å². The average molecular weight is 384 g/mol. The molecule has 1 rings (SSSR count). The van der Waals surface area contributed by atoms with Gasteiger partial charge in [-0.1, -0.05) is 0 Å². The molecule has 1 aliphatic rings. The van der Waals surface area contributed by atoms with Gasteiger partial charge in [0.25, 0.3) is 0 Å². The average Bonchev–Trinajstić information content (AvgIpc) is 2.44. The smallest absolute Gasteiger partial charge is 0.356 e. The molecule has 0 aromatic heterocycles. The van der Waals surface area contributed by atoms with Gasteiger partial charge in [-0.2, -0.15) is 30.6 Å². The van der Waals surface area contributed by atoms with Crippen molar-refractivity contribution in [2.75, 3.05) is 26.7 Å². The van der Waals surface area contributed by atoms with Gasteiger partial charge in [-0.15, -0.1) is 0 Å². The molecule has 1 heterocycles. The molecule has 1 aliphatic heterocycles. The minimum Gasteiger partial charge on any atom is -0.356 e. The first-order valence-corrected chi connectivity index (χ1v) is 8.41. The Kier molecular flexibility index (Phi) is 6.73. The molecule has 0 aliphatic carbocycles. The van der Waals surface area contributed by atoms with E-state index in [1.54, 1.807) is 0 Å². The fourth-order valence-corrected chi connectivity index (χ4v) is 3.08. The number of halogens is 6. The topological polar surface area (TPSA) is 73.8 Å². The summed E-state index contributed by atoms with van der Waals surface area (Å²) in [6.45, 7) is -1.07. The van der Waals surface area contributed by atoms with Crippen LogP contribution in [0.2, 0.25) is 0 Å². The number of aliphatic imine (C=N–C) groups is 1. The van der Waals surface area contributed by atoms with Gasteiger partial charge in [0.15, 0.2) is 5.96 Å². The first-order chi connectivity index (χ1) is 10.9. The van der Waals surface area contributed by atoms with E-state index < -0.39 is 34.7 Å². The third kappa shape index (κ3) is 6.00. The molecule has 0 radical (unpaired) electrons. The van der Waals surface area contributed by atoms with E-state index in [0.29, 0.717) is 4.31 Å². The molecule has 0 amide bonds. The molecule has 0 aromatic rings. The van der Waals surface area contributed by atoms with Gasteiger partial charge in [-0.3, -0.25) is 4.99 Å². The highest BCUT2D eigenvalue weighted by Crippen LogP contribution is 2.28. The predicted octanol–water partition coefficient (Wildman–Crippen LogP) is 1.42. The summed E-state index contributed by atoms with van der Waals surface area (Å²) in [4.78, 5) is 3.72. The van der Waals surface area contributed by atoms with Crippen LogP contribution in [-0.4, -0.2) is 63.1 Å². The monoisotopic (exact) mass is 384 g/mol. The van der Waals surface area contributed by atoms with Crippen LogP contribution in [0.25, 0.3) is 0 Å². The molecule has 24 heavy (non-hydrogen) atoms. The lowest BCUT2D eigenvalue weighted by atomic mass is 10.1. The van der Waals surface area contributed by atoms with Gasteiger partial charge in [0.05, 0.1) is 6.42 Å². The Labute approximate surface area is 135 Å². The van der Waals surface area contributed by atoms with Crippen LogP contribution >= 0.6 is 0 Å². The van der Waals surface area contributed by atoms with Crippen LogP contribution in [-0.2, 0) is 10.0 Å². The summed E-state index contributed by atoms with van der Waals surface area (Å²) < 4.78 is 96.4. The van der Waals surface area contributed by atoms with Crippen LogP contribution in [0.15, 0.2) is 4.99 Å². The maximum Gasteiger partial charge on any atom is 0.511 e. The van der Waals surface area contributed by atoms with Crippen molar-refractivity contribution < 1.29 is 34.8 Å². The Bertz CT molecular complexity index is 538. The summed E-state index contributed by atoms with van der Waals surface area (Å²) in [5.41, 5.74) is -5.34. The standard InChI is InChI=1S/C11H18F6N4O2S/c1-18-9(19-5-4-10(12,13)14)20-8-2-6-21(7-3-8)24(22,23)11(15,16)17/h8H,2-7H2,1H3,(H2,18,19,20). The zero-order valence-corrected chi connectivity index (χ0v) is 13.5. The van der Waals surface area contributed by atoms with Crippen LogP contribution in [0.1, 0.15) is 19.3 Å². The molecule has 6 nitrogen and oxygen atoms in total. The molecule has 1 fully saturated rings. The highest BCUT2D eigenvalue weighted by Gasteiger charge is 2.50. The van der Waals surface area contributed by atoms with Gasteiger partial charge in [0.2, 0.25) is 0 Å². The first kappa shape index (κ1) is 20.8. The quantitative estimate of drug-likeness (QED) is 0.437. The maximum atomic E-state index is 12.4. The Morgan fingerprint density at radius 1 is 1.17 bits per heavy atom. The van der Waals surface area contributed by atoms with Gasteiger partial charge in [0.1, 0.15) is 0 Å². The largest absolute Gasteiger partial charge is 0.511 e. The molecular formula is C11H18F6N4O2S. The summed E-state index contributed by atoms with van der Waals surface area (Å²) in [6.07, 6.45) is -5.22. The SMILES string of the molecule is CN=C(NCCC(F)(F)F)NC1CCN(S(=O)(=O)C(F)(F)F)CC1. The minimum absolute atomic E-state index is 0.0787. The van der Waals surface area contributed by atoms with E-state index in [4.69, 9.17) is 0 Å². The zero-order chi connectivity index (χ0) is 18.6. The van der Waals surface area contributed by atoms with Crippen LogP contribution in [0, 0.1) is 0 Å². The Hall–Kier alpha value is -1.24. The highest BCUT2D eigenvalue weighted by atomic mass is 32.2. The lowest BCUT2D eigenvalue weighted by Crippen LogP contribution is -2.51. The van der Waals surface area contributed by atoms with Gasteiger partial charge < -0.3 is 10.6 Å². The predicted molar refractivity (Wildman–Crippen MR) is 74.7 cm³/mol. The molecule has 0 atom stereocenters. The number of nitrogens with one attached hydrogen (secondary N) is 2. The fraction of sp³-hybridized carbons (Fsp3) is 0.909. The Morgan fingerprint density at radius 2 is 1.71 bits per heavy atom. The van der Waals surface area contributed by atoms with Crippen molar-refractivity contribution >= 4 is 16.0 Å². The van der Waals surface area contributed by atoms with Gasteiger partial charge >= 0.3 is 21.7 Å². The highest BCUT2D eigenvalue weighted by molar-refractivity contribution is 7.90. The summed E-state index contributed by atoms with van der Waals surface area (Å²) in [5, 5.41) is 5.22. The second-order valence-electron chi connectivity index (χ2n) is 5.13. The molecule has 2 N–H and O–H groups in total. The normalized spacial score (nSPS) is 19.4. The first-order valence-electron chi connectivity index (χ1n) is 6.97. The van der Waals surface area contributed by atoms with Crippen molar-refractivity contribution in [2.45, 2.75) is 37.0 Å². The molecule has 13 heteroatoms. The minimum atomic E-state index is -5.35. The summed E-state index contributed by atoms with van der Waals surface area (Å²) in [5.74, 6) is 0.0800. The number of piperidine rings is 1. The Balaban J connectivity index is 2.48. The third-order valence-electron chi connectivity index (χ3n) is 3.35. The number of sulfonamides is 1. The van der Waals surface area contributed by atoms with Crippen molar-refractivity contribution in [3.63, 3.8) is 0 Å². The van der Waals surface area contributed by atoms with Crippen LogP contribution in [0.3, 0.4) is 0 Å².